The lowest BCUT2D eigenvalue weighted by atomic mass is 10.0. The van der Waals surface area contributed by atoms with Gasteiger partial charge in [0.1, 0.15) is 24.3 Å². The highest BCUT2D eigenvalue weighted by molar-refractivity contribution is 6.31. The molecule has 2 heterocycles. The third-order valence-electron chi connectivity index (χ3n) is 5.06. The number of fused-ring (bicyclic) bond motifs is 1. The molecule has 5 nitrogen and oxygen atoms in total. The number of benzene rings is 2. The van der Waals surface area contributed by atoms with E-state index in [2.05, 4.69) is 4.99 Å². The van der Waals surface area contributed by atoms with Crippen LogP contribution < -0.4 is 10.6 Å². The van der Waals surface area contributed by atoms with E-state index in [1.54, 1.807) is 12.4 Å². The minimum absolute atomic E-state index is 0.0159. The van der Waals surface area contributed by atoms with Crippen LogP contribution in [-0.2, 0) is 6.61 Å². The average molecular weight is 402 g/mol. The molecule has 1 atom stereocenters. The summed E-state index contributed by atoms with van der Waals surface area (Å²) in [6, 6.07) is 15.4. The number of nitrogens with zero attached hydrogens (tertiary/aromatic N) is 3. The van der Waals surface area contributed by atoms with Crippen LogP contribution in [0.2, 0.25) is 5.02 Å². The molecule has 0 spiro atoms. The van der Waals surface area contributed by atoms with Gasteiger partial charge in [-0.25, -0.2) is 0 Å². The molecule has 2 aromatic carbocycles. The fraction of sp³-hybridized carbons (Fsp3) is 0.0435. The average Bonchev–Trinajstić information content (AvgIpc) is 2.99. The maximum Gasteiger partial charge on any atom is 0.265 e. The zero-order chi connectivity index (χ0) is 19.8. The van der Waals surface area contributed by atoms with Gasteiger partial charge in [0.25, 0.3) is 5.84 Å². The van der Waals surface area contributed by atoms with Crippen LogP contribution in [0.15, 0.2) is 106 Å². The second kappa shape index (κ2) is 6.97. The quantitative estimate of drug-likeness (QED) is 0.586. The van der Waals surface area contributed by atoms with Crippen LogP contribution in [0.5, 0.6) is 5.75 Å². The molecule has 0 aromatic heterocycles. The van der Waals surface area contributed by atoms with E-state index in [-0.39, 0.29) is 4.59 Å². The lowest BCUT2D eigenvalue weighted by molar-refractivity contribution is -0.750. The predicted molar refractivity (Wildman–Crippen MR) is 115 cm³/mol. The van der Waals surface area contributed by atoms with Crippen molar-refractivity contribution < 1.29 is 9.33 Å². The fourth-order valence-electron chi connectivity index (χ4n) is 3.44. The van der Waals surface area contributed by atoms with Crippen molar-refractivity contribution in [2.24, 2.45) is 15.8 Å². The third-order valence-corrected chi connectivity index (χ3v) is 5.43. The summed E-state index contributed by atoms with van der Waals surface area (Å²) in [5.74, 6) is 8.19. The summed E-state index contributed by atoms with van der Waals surface area (Å²) in [4.78, 5) is 9.13. The molecule has 142 valence electrons. The van der Waals surface area contributed by atoms with E-state index in [9.17, 15) is 0 Å². The number of allylic oxidation sites excluding steroid dienone is 4. The number of hydrogen-bond acceptors (Lipinski definition) is 4. The van der Waals surface area contributed by atoms with Crippen LogP contribution in [-0.4, -0.2) is 16.6 Å². The molecule has 3 aliphatic rings. The lowest BCUT2D eigenvalue weighted by Gasteiger charge is -2.26. The first-order chi connectivity index (χ1) is 14.1. The topological polar surface area (TPSA) is 60.0 Å². The van der Waals surface area contributed by atoms with Crippen molar-refractivity contribution in [3.8, 4) is 5.75 Å². The van der Waals surface area contributed by atoms with Crippen molar-refractivity contribution in [1.82, 2.24) is 0 Å². The maximum absolute atomic E-state index is 6.74. The molecule has 29 heavy (non-hydrogen) atoms. The third kappa shape index (κ3) is 3.06. The second-order valence-electron chi connectivity index (χ2n) is 6.91. The fourth-order valence-corrected chi connectivity index (χ4v) is 3.63. The monoisotopic (exact) mass is 401 g/mol. The standard InChI is InChI=1S/C23H18ClN4O/c24-20-10-2-1-5-18(20)15-29-19-9-4-8-17(13-19)23-27-22(16-6-3-7-16)21-14-26-11-12-28(21,23)25/h1-14H,15,25H2/q+1. The number of ether oxygens (including phenoxy) is 1. The summed E-state index contributed by atoms with van der Waals surface area (Å²) in [5.41, 5.74) is 4.57. The van der Waals surface area contributed by atoms with Gasteiger partial charge >= 0.3 is 0 Å². The summed E-state index contributed by atoms with van der Waals surface area (Å²) in [6.45, 7) is 0.386. The largest absolute Gasteiger partial charge is 0.489 e. The van der Waals surface area contributed by atoms with E-state index in [1.807, 2.05) is 73.0 Å². The smallest absolute Gasteiger partial charge is 0.265 e. The minimum Gasteiger partial charge on any atom is -0.489 e. The first-order valence-electron chi connectivity index (χ1n) is 9.23. The van der Waals surface area contributed by atoms with Crippen LogP contribution in [0.3, 0.4) is 0 Å². The van der Waals surface area contributed by atoms with E-state index in [4.69, 9.17) is 27.2 Å². The van der Waals surface area contributed by atoms with Crippen LogP contribution >= 0.6 is 11.6 Å². The molecule has 0 fully saturated rings. The van der Waals surface area contributed by atoms with Gasteiger partial charge in [0.05, 0.1) is 18.0 Å². The summed E-state index contributed by atoms with van der Waals surface area (Å²) < 4.78 is 5.97. The van der Waals surface area contributed by atoms with Gasteiger partial charge in [-0.1, -0.05) is 54.1 Å². The molecule has 1 aliphatic carbocycles. The zero-order valence-corrected chi connectivity index (χ0v) is 16.3. The highest BCUT2D eigenvalue weighted by Gasteiger charge is 2.44. The van der Waals surface area contributed by atoms with Crippen molar-refractivity contribution in [2.45, 2.75) is 6.61 Å². The van der Waals surface area contributed by atoms with E-state index >= 15 is 0 Å². The number of amidine groups is 1. The van der Waals surface area contributed by atoms with Crippen molar-refractivity contribution >= 4 is 23.7 Å². The second-order valence-corrected chi connectivity index (χ2v) is 7.32. The van der Waals surface area contributed by atoms with Gasteiger partial charge in [-0.2, -0.15) is 10.8 Å². The lowest BCUT2D eigenvalue weighted by Crippen LogP contribution is -2.53. The normalized spacial score (nSPS) is 21.6. The molecule has 2 aliphatic heterocycles. The molecule has 5 rings (SSSR count). The Kier molecular flexibility index (Phi) is 4.28. The van der Waals surface area contributed by atoms with Crippen molar-refractivity contribution in [3.63, 3.8) is 0 Å². The molecule has 1 unspecified atom stereocenters. The van der Waals surface area contributed by atoms with Crippen molar-refractivity contribution in [1.29, 1.82) is 0 Å². The molecule has 2 N–H and O–H groups in total. The van der Waals surface area contributed by atoms with Gasteiger partial charge < -0.3 is 4.74 Å². The van der Waals surface area contributed by atoms with Crippen LogP contribution in [0.4, 0.5) is 0 Å². The molecule has 0 radical (unpaired) electrons. The molecule has 0 amide bonds. The number of halogens is 1. The Labute approximate surface area is 173 Å². The van der Waals surface area contributed by atoms with Crippen LogP contribution in [0.25, 0.3) is 0 Å². The van der Waals surface area contributed by atoms with E-state index < -0.39 is 0 Å². The first kappa shape index (κ1) is 17.8. The summed E-state index contributed by atoms with van der Waals surface area (Å²) in [6.07, 6.45) is 11.3. The zero-order valence-electron chi connectivity index (χ0n) is 15.5. The molecular weight excluding hydrogens is 384 g/mol. The summed E-state index contributed by atoms with van der Waals surface area (Å²) in [7, 11) is 0. The predicted octanol–water partition coefficient (Wildman–Crippen LogP) is 4.63. The number of aliphatic imine (C=N–C) groups is 2. The Hall–Kier alpha value is -3.25. The van der Waals surface area contributed by atoms with E-state index in [0.717, 1.165) is 39.7 Å². The van der Waals surface area contributed by atoms with Crippen LogP contribution in [0.1, 0.15) is 11.1 Å². The Bertz CT molecular complexity index is 1190. The van der Waals surface area contributed by atoms with E-state index in [1.165, 1.54) is 0 Å². The Morgan fingerprint density at radius 1 is 1.10 bits per heavy atom. The summed E-state index contributed by atoms with van der Waals surface area (Å²) in [5, 5.41) is 0.688. The molecule has 0 saturated carbocycles. The minimum atomic E-state index is -0.0159. The van der Waals surface area contributed by atoms with Gasteiger partial charge in [-0.3, -0.25) is 4.99 Å². The van der Waals surface area contributed by atoms with Gasteiger partial charge in [0.15, 0.2) is 0 Å². The summed E-state index contributed by atoms with van der Waals surface area (Å²) >= 11 is 6.23. The van der Waals surface area contributed by atoms with Crippen molar-refractivity contribution in [2.75, 3.05) is 0 Å². The highest BCUT2D eigenvalue weighted by atomic mass is 35.5. The maximum atomic E-state index is 6.74. The molecule has 0 saturated heterocycles. The van der Waals surface area contributed by atoms with Gasteiger partial charge in [0, 0.05) is 16.2 Å². The number of rotatable bonds is 5. The first-order valence-corrected chi connectivity index (χ1v) is 9.61. The number of quaternary nitrogens is 1. The highest BCUT2D eigenvalue weighted by Crippen LogP contribution is 2.36. The van der Waals surface area contributed by atoms with Gasteiger partial charge in [-0.15, -0.1) is 4.59 Å². The Balaban J connectivity index is 1.46. The molecule has 0 bridgehead atoms. The molecular formula is C23H18ClN4O+. The number of hydrogen-bond donors (Lipinski definition) is 1. The SMILES string of the molecule is N[N+]12C=CN=CC1=C(C1=CC=C1)N=C2c1cccc(OCc2ccccc2Cl)c1. The van der Waals surface area contributed by atoms with Crippen LogP contribution in [0, 0.1) is 0 Å². The van der Waals surface area contributed by atoms with Gasteiger partial charge in [0.2, 0.25) is 5.70 Å². The van der Waals surface area contributed by atoms with E-state index in [0.29, 0.717) is 11.6 Å². The Morgan fingerprint density at radius 2 is 1.97 bits per heavy atom. The Morgan fingerprint density at radius 3 is 2.76 bits per heavy atom. The number of nitrogens with two attached hydrogens (primary N) is 1. The molecule has 2 aromatic rings. The van der Waals surface area contributed by atoms with Gasteiger partial charge in [-0.05, 0) is 24.3 Å². The molecule has 6 heteroatoms. The van der Waals surface area contributed by atoms with Crippen molar-refractivity contribution in [3.05, 3.63) is 112 Å².